The SMILES string of the molecule is CC1(C(=O)Oc2cccc(C(=O)NCc3ccccc3)c2)Cc2ccccc2C(=O)O1. The highest BCUT2D eigenvalue weighted by Crippen LogP contribution is 2.30. The van der Waals surface area contributed by atoms with Gasteiger partial charge in [-0.15, -0.1) is 0 Å². The quantitative estimate of drug-likeness (QED) is 0.508. The van der Waals surface area contributed by atoms with Crippen molar-refractivity contribution in [3.05, 3.63) is 101 Å². The maximum Gasteiger partial charge on any atom is 0.356 e. The number of benzene rings is 3. The van der Waals surface area contributed by atoms with Crippen LogP contribution in [0.2, 0.25) is 0 Å². The van der Waals surface area contributed by atoms with Crippen LogP contribution in [0.1, 0.15) is 38.8 Å². The van der Waals surface area contributed by atoms with E-state index in [0.717, 1.165) is 11.1 Å². The van der Waals surface area contributed by atoms with E-state index in [4.69, 9.17) is 9.47 Å². The first-order valence-corrected chi connectivity index (χ1v) is 9.90. The van der Waals surface area contributed by atoms with Gasteiger partial charge in [-0.05, 0) is 42.3 Å². The number of amides is 1. The van der Waals surface area contributed by atoms with E-state index in [0.29, 0.717) is 17.7 Å². The molecule has 4 rings (SSSR count). The van der Waals surface area contributed by atoms with Gasteiger partial charge in [0, 0.05) is 18.5 Å². The molecule has 31 heavy (non-hydrogen) atoms. The zero-order chi connectivity index (χ0) is 21.8. The molecule has 156 valence electrons. The molecule has 0 fully saturated rings. The van der Waals surface area contributed by atoms with Gasteiger partial charge in [0.2, 0.25) is 5.60 Å². The molecular formula is C25H21NO5. The van der Waals surface area contributed by atoms with Crippen molar-refractivity contribution in [3.63, 3.8) is 0 Å². The van der Waals surface area contributed by atoms with E-state index >= 15 is 0 Å². The van der Waals surface area contributed by atoms with Crippen LogP contribution in [0.15, 0.2) is 78.9 Å². The monoisotopic (exact) mass is 415 g/mol. The van der Waals surface area contributed by atoms with Crippen LogP contribution in [0.5, 0.6) is 5.75 Å². The minimum atomic E-state index is -1.45. The Bertz CT molecular complexity index is 1140. The number of ether oxygens (including phenoxy) is 2. The van der Waals surface area contributed by atoms with Crippen LogP contribution in [0.4, 0.5) is 0 Å². The summed E-state index contributed by atoms with van der Waals surface area (Å²) in [7, 11) is 0. The molecule has 1 aliphatic rings. The van der Waals surface area contributed by atoms with Gasteiger partial charge in [0.1, 0.15) is 5.75 Å². The Balaban J connectivity index is 1.44. The number of nitrogens with one attached hydrogen (secondary N) is 1. The molecule has 0 radical (unpaired) electrons. The van der Waals surface area contributed by atoms with Gasteiger partial charge in [-0.25, -0.2) is 9.59 Å². The van der Waals surface area contributed by atoms with Crippen LogP contribution in [-0.4, -0.2) is 23.4 Å². The lowest BCUT2D eigenvalue weighted by Gasteiger charge is -2.32. The predicted molar refractivity (Wildman–Crippen MR) is 114 cm³/mol. The van der Waals surface area contributed by atoms with E-state index < -0.39 is 17.5 Å². The van der Waals surface area contributed by atoms with Crippen LogP contribution in [-0.2, 0) is 22.5 Å². The molecule has 0 spiro atoms. The van der Waals surface area contributed by atoms with Crippen molar-refractivity contribution in [2.24, 2.45) is 0 Å². The van der Waals surface area contributed by atoms with E-state index in [-0.39, 0.29) is 18.1 Å². The fraction of sp³-hybridized carbons (Fsp3) is 0.160. The molecule has 6 nitrogen and oxygen atoms in total. The summed E-state index contributed by atoms with van der Waals surface area (Å²) in [6, 6.07) is 22.9. The summed E-state index contributed by atoms with van der Waals surface area (Å²) in [5.74, 6) is -1.34. The molecule has 0 aliphatic carbocycles. The molecule has 1 aliphatic heterocycles. The second kappa shape index (κ2) is 8.44. The van der Waals surface area contributed by atoms with Crippen molar-refractivity contribution in [2.75, 3.05) is 0 Å². The van der Waals surface area contributed by atoms with Crippen molar-refractivity contribution in [2.45, 2.75) is 25.5 Å². The van der Waals surface area contributed by atoms with Crippen LogP contribution >= 0.6 is 0 Å². The number of esters is 2. The number of hydrogen-bond acceptors (Lipinski definition) is 5. The molecule has 1 amide bonds. The van der Waals surface area contributed by atoms with Crippen molar-refractivity contribution < 1.29 is 23.9 Å². The summed E-state index contributed by atoms with van der Waals surface area (Å²) in [6.45, 7) is 1.91. The van der Waals surface area contributed by atoms with Crippen LogP contribution in [0.25, 0.3) is 0 Å². The Morgan fingerprint density at radius 3 is 2.55 bits per heavy atom. The van der Waals surface area contributed by atoms with Gasteiger partial charge in [-0.1, -0.05) is 54.6 Å². The number of cyclic esters (lactones) is 1. The lowest BCUT2D eigenvalue weighted by atomic mass is 9.90. The summed E-state index contributed by atoms with van der Waals surface area (Å²) < 4.78 is 10.9. The van der Waals surface area contributed by atoms with Crippen molar-refractivity contribution in [1.29, 1.82) is 0 Å². The average Bonchev–Trinajstić information content (AvgIpc) is 2.78. The average molecular weight is 415 g/mol. The van der Waals surface area contributed by atoms with Gasteiger partial charge < -0.3 is 14.8 Å². The normalized spacial score (nSPS) is 17.3. The van der Waals surface area contributed by atoms with E-state index in [2.05, 4.69) is 5.32 Å². The predicted octanol–water partition coefficient (Wildman–Crippen LogP) is 3.69. The number of hydrogen-bond donors (Lipinski definition) is 1. The Morgan fingerprint density at radius 2 is 1.74 bits per heavy atom. The van der Waals surface area contributed by atoms with E-state index in [9.17, 15) is 14.4 Å². The highest BCUT2D eigenvalue weighted by molar-refractivity contribution is 5.97. The lowest BCUT2D eigenvalue weighted by molar-refractivity contribution is -0.155. The molecule has 0 bridgehead atoms. The molecular weight excluding hydrogens is 394 g/mol. The minimum absolute atomic E-state index is 0.202. The third-order valence-corrected chi connectivity index (χ3v) is 5.12. The zero-order valence-electron chi connectivity index (χ0n) is 17.0. The highest BCUT2D eigenvalue weighted by atomic mass is 16.6. The summed E-state index contributed by atoms with van der Waals surface area (Å²) in [4.78, 5) is 37.6. The van der Waals surface area contributed by atoms with Crippen LogP contribution in [0.3, 0.4) is 0 Å². The van der Waals surface area contributed by atoms with E-state index in [1.54, 1.807) is 42.5 Å². The first-order chi connectivity index (χ1) is 14.9. The number of carbonyl (C=O) groups excluding carboxylic acids is 3. The van der Waals surface area contributed by atoms with Gasteiger partial charge in [-0.2, -0.15) is 0 Å². The Morgan fingerprint density at radius 1 is 1.00 bits per heavy atom. The molecule has 1 atom stereocenters. The third kappa shape index (κ3) is 4.48. The largest absolute Gasteiger partial charge is 0.443 e. The Kier molecular flexibility index (Phi) is 5.54. The van der Waals surface area contributed by atoms with Gasteiger partial charge in [-0.3, -0.25) is 4.79 Å². The maximum absolute atomic E-state index is 12.8. The fourth-order valence-corrected chi connectivity index (χ4v) is 3.44. The van der Waals surface area contributed by atoms with Gasteiger partial charge >= 0.3 is 11.9 Å². The van der Waals surface area contributed by atoms with Crippen molar-refractivity contribution in [3.8, 4) is 5.75 Å². The molecule has 1 N–H and O–H groups in total. The molecule has 3 aromatic rings. The Hall–Kier alpha value is -3.93. The zero-order valence-corrected chi connectivity index (χ0v) is 17.0. The van der Waals surface area contributed by atoms with Gasteiger partial charge in [0.15, 0.2) is 0 Å². The second-order valence-corrected chi connectivity index (χ2v) is 7.54. The van der Waals surface area contributed by atoms with E-state index in [1.165, 1.54) is 13.0 Å². The first kappa shape index (κ1) is 20.3. The number of fused-ring (bicyclic) bond motifs is 1. The van der Waals surface area contributed by atoms with Gasteiger partial charge in [0.25, 0.3) is 5.91 Å². The van der Waals surface area contributed by atoms with Crippen LogP contribution in [0, 0.1) is 0 Å². The Labute approximate surface area is 179 Å². The summed E-state index contributed by atoms with van der Waals surface area (Å²) in [6.07, 6.45) is 0.213. The molecule has 1 unspecified atom stereocenters. The summed E-state index contributed by atoms with van der Waals surface area (Å²) in [5.41, 5.74) is 1.07. The third-order valence-electron chi connectivity index (χ3n) is 5.12. The molecule has 0 saturated carbocycles. The van der Waals surface area contributed by atoms with Crippen LogP contribution < -0.4 is 10.1 Å². The van der Waals surface area contributed by atoms with Crippen molar-refractivity contribution >= 4 is 17.8 Å². The molecule has 6 heteroatoms. The number of rotatable bonds is 5. The summed E-state index contributed by atoms with van der Waals surface area (Å²) in [5, 5.41) is 2.83. The fourth-order valence-electron chi connectivity index (χ4n) is 3.44. The highest BCUT2D eigenvalue weighted by Gasteiger charge is 2.44. The number of carbonyl (C=O) groups is 3. The maximum atomic E-state index is 12.8. The van der Waals surface area contributed by atoms with Gasteiger partial charge in [0.05, 0.1) is 5.56 Å². The van der Waals surface area contributed by atoms with E-state index in [1.807, 2.05) is 30.3 Å². The first-order valence-electron chi connectivity index (χ1n) is 9.90. The topological polar surface area (TPSA) is 81.7 Å². The second-order valence-electron chi connectivity index (χ2n) is 7.54. The summed E-state index contributed by atoms with van der Waals surface area (Å²) >= 11 is 0. The molecule has 3 aromatic carbocycles. The smallest absolute Gasteiger partial charge is 0.356 e. The van der Waals surface area contributed by atoms with Crippen molar-refractivity contribution in [1.82, 2.24) is 5.32 Å². The lowest BCUT2D eigenvalue weighted by Crippen LogP contribution is -2.48. The molecule has 0 saturated heterocycles. The molecule has 1 heterocycles. The molecule has 0 aromatic heterocycles. The standard InChI is InChI=1S/C25H21NO5/c1-25(15-19-10-5-6-13-21(19)23(28)31-25)24(29)30-20-12-7-11-18(14-20)22(27)26-16-17-8-3-2-4-9-17/h2-14H,15-16H2,1H3,(H,26,27). The minimum Gasteiger partial charge on any atom is -0.443 e.